The summed E-state index contributed by atoms with van der Waals surface area (Å²) in [5.41, 5.74) is 1.43. The maximum atomic E-state index is 12.3. The highest BCUT2D eigenvalue weighted by molar-refractivity contribution is 5.90. The summed E-state index contributed by atoms with van der Waals surface area (Å²) < 4.78 is 15.8. The number of aliphatic hydroxyl groups is 1. The van der Waals surface area contributed by atoms with Gasteiger partial charge >= 0.3 is 6.03 Å². The van der Waals surface area contributed by atoms with Crippen LogP contribution in [0.1, 0.15) is 17.5 Å². The zero-order valence-corrected chi connectivity index (χ0v) is 15.7. The summed E-state index contributed by atoms with van der Waals surface area (Å²) in [7, 11) is 4.53. The van der Waals surface area contributed by atoms with Crippen LogP contribution in [0.2, 0.25) is 0 Å². The van der Waals surface area contributed by atoms with E-state index in [-0.39, 0.29) is 6.54 Å². The molecule has 2 aromatic carbocycles. The summed E-state index contributed by atoms with van der Waals surface area (Å²) >= 11 is 0. The van der Waals surface area contributed by atoms with Gasteiger partial charge in [0.15, 0.2) is 11.5 Å². The number of nitrogens with one attached hydrogen (secondary N) is 2. The van der Waals surface area contributed by atoms with Gasteiger partial charge < -0.3 is 30.0 Å². The van der Waals surface area contributed by atoms with Gasteiger partial charge in [-0.25, -0.2) is 4.79 Å². The van der Waals surface area contributed by atoms with Crippen LogP contribution in [0.15, 0.2) is 36.4 Å². The molecule has 0 bridgehead atoms. The first kappa shape index (κ1) is 18.8. The van der Waals surface area contributed by atoms with Crippen LogP contribution in [-0.2, 0) is 12.0 Å². The van der Waals surface area contributed by atoms with Crippen LogP contribution in [0.5, 0.6) is 17.2 Å². The maximum Gasteiger partial charge on any atom is 0.319 e. The summed E-state index contributed by atoms with van der Waals surface area (Å²) in [5, 5.41) is 16.4. The maximum absolute atomic E-state index is 12.3. The Bertz CT molecular complexity index is 814. The van der Waals surface area contributed by atoms with Gasteiger partial charge in [0.25, 0.3) is 0 Å². The van der Waals surface area contributed by atoms with Crippen LogP contribution >= 0.6 is 0 Å². The molecule has 2 aromatic rings. The lowest BCUT2D eigenvalue weighted by molar-refractivity contribution is 0.0417. The fraction of sp³-hybridized carbons (Fsp3) is 0.350. The Morgan fingerprint density at radius 1 is 1.11 bits per heavy atom. The van der Waals surface area contributed by atoms with Crippen LogP contribution in [0, 0.1) is 0 Å². The van der Waals surface area contributed by atoms with Crippen molar-refractivity contribution in [3.05, 3.63) is 47.5 Å². The summed E-state index contributed by atoms with van der Waals surface area (Å²) in [6.07, 6.45) is 1.37. The lowest BCUT2D eigenvalue weighted by Gasteiger charge is -2.24. The average Bonchev–Trinajstić information content (AvgIpc) is 3.03. The van der Waals surface area contributed by atoms with Gasteiger partial charge in [-0.2, -0.15) is 0 Å². The lowest BCUT2D eigenvalue weighted by Crippen LogP contribution is -2.41. The number of methoxy groups -OCH3 is 3. The summed E-state index contributed by atoms with van der Waals surface area (Å²) in [5.74, 6) is 1.33. The van der Waals surface area contributed by atoms with Gasteiger partial charge in [0.05, 0.1) is 33.6 Å². The van der Waals surface area contributed by atoms with Crippen molar-refractivity contribution in [2.24, 2.45) is 0 Å². The predicted octanol–water partition coefficient (Wildman–Crippen LogP) is 2.67. The minimum Gasteiger partial charge on any atom is -0.493 e. The molecule has 0 aromatic heterocycles. The van der Waals surface area contributed by atoms with Gasteiger partial charge in [-0.15, -0.1) is 0 Å². The van der Waals surface area contributed by atoms with Crippen molar-refractivity contribution in [1.82, 2.24) is 5.32 Å². The van der Waals surface area contributed by atoms with Crippen LogP contribution in [-0.4, -0.2) is 39.0 Å². The number of benzene rings is 2. The molecule has 1 aliphatic carbocycles. The van der Waals surface area contributed by atoms with Crippen molar-refractivity contribution in [3.8, 4) is 17.2 Å². The van der Waals surface area contributed by atoms with Crippen LogP contribution < -0.4 is 24.8 Å². The number of anilines is 1. The average molecular weight is 372 g/mol. The van der Waals surface area contributed by atoms with E-state index in [0.717, 1.165) is 17.5 Å². The number of carbonyl (C=O) groups excluding carboxylic acids is 1. The molecule has 1 atom stereocenters. The van der Waals surface area contributed by atoms with Gasteiger partial charge in [-0.1, -0.05) is 24.3 Å². The minimum absolute atomic E-state index is 0.125. The molecule has 0 fully saturated rings. The molecule has 1 aliphatic rings. The van der Waals surface area contributed by atoms with Crippen molar-refractivity contribution in [3.63, 3.8) is 0 Å². The van der Waals surface area contributed by atoms with E-state index in [1.54, 1.807) is 12.1 Å². The normalized spacial score (nSPS) is 17.8. The number of ether oxygens (including phenoxy) is 3. The number of urea groups is 1. The van der Waals surface area contributed by atoms with Gasteiger partial charge in [0.2, 0.25) is 5.75 Å². The molecule has 3 N–H and O–H groups in total. The smallest absolute Gasteiger partial charge is 0.319 e. The molecule has 1 unspecified atom stereocenters. The van der Waals surface area contributed by atoms with Crippen molar-refractivity contribution >= 4 is 11.7 Å². The highest BCUT2D eigenvalue weighted by Crippen LogP contribution is 2.40. The SMILES string of the molecule is COc1cc(NC(=O)NCC2(O)CCc3ccccc32)cc(OC)c1OC. The number of rotatable bonds is 6. The van der Waals surface area contributed by atoms with E-state index < -0.39 is 11.6 Å². The second-order valence-corrected chi connectivity index (χ2v) is 6.41. The Morgan fingerprint density at radius 2 is 1.78 bits per heavy atom. The molecule has 7 heteroatoms. The Labute approximate surface area is 158 Å². The Kier molecular flexibility index (Phi) is 5.41. The molecule has 0 saturated carbocycles. The molecular formula is C20H24N2O5. The van der Waals surface area contributed by atoms with Crippen LogP contribution in [0.3, 0.4) is 0 Å². The molecule has 144 valence electrons. The zero-order valence-electron chi connectivity index (χ0n) is 15.7. The molecule has 0 radical (unpaired) electrons. The Morgan fingerprint density at radius 3 is 2.41 bits per heavy atom. The third-order valence-electron chi connectivity index (χ3n) is 4.79. The molecule has 7 nitrogen and oxygen atoms in total. The zero-order chi connectivity index (χ0) is 19.4. The van der Waals surface area contributed by atoms with E-state index in [4.69, 9.17) is 14.2 Å². The number of amides is 2. The van der Waals surface area contributed by atoms with Crippen molar-refractivity contribution < 1.29 is 24.1 Å². The first-order chi connectivity index (χ1) is 13.0. The van der Waals surface area contributed by atoms with E-state index in [2.05, 4.69) is 10.6 Å². The second-order valence-electron chi connectivity index (χ2n) is 6.41. The van der Waals surface area contributed by atoms with E-state index in [9.17, 15) is 9.90 Å². The second kappa shape index (κ2) is 7.75. The first-order valence-corrected chi connectivity index (χ1v) is 8.66. The molecule has 0 aliphatic heterocycles. The Balaban J connectivity index is 1.68. The van der Waals surface area contributed by atoms with Crippen molar-refractivity contribution in [1.29, 1.82) is 0 Å². The van der Waals surface area contributed by atoms with Gasteiger partial charge in [-0.05, 0) is 24.0 Å². The molecule has 0 spiro atoms. The summed E-state index contributed by atoms with van der Waals surface area (Å²) in [4.78, 5) is 12.3. The van der Waals surface area contributed by atoms with Crippen molar-refractivity contribution in [2.45, 2.75) is 18.4 Å². The van der Waals surface area contributed by atoms with Gasteiger partial charge in [0.1, 0.15) is 5.60 Å². The highest BCUT2D eigenvalue weighted by atomic mass is 16.5. The number of carbonyl (C=O) groups is 1. The van der Waals surface area contributed by atoms with Crippen LogP contribution in [0.25, 0.3) is 0 Å². The number of hydrogen-bond donors (Lipinski definition) is 3. The number of fused-ring (bicyclic) bond motifs is 1. The standard InChI is InChI=1S/C20H24N2O5/c1-25-16-10-14(11-17(26-2)18(16)27-3)22-19(23)21-12-20(24)9-8-13-6-4-5-7-15(13)20/h4-7,10-11,24H,8-9,12H2,1-3H3,(H2,21,22,23). The monoisotopic (exact) mass is 372 g/mol. The van der Waals surface area contributed by atoms with E-state index in [1.165, 1.54) is 21.3 Å². The molecule has 3 rings (SSSR count). The molecule has 0 saturated heterocycles. The molecule has 2 amide bonds. The number of aryl methyl sites for hydroxylation is 1. The lowest BCUT2D eigenvalue weighted by atomic mass is 9.96. The third-order valence-corrected chi connectivity index (χ3v) is 4.79. The summed E-state index contributed by atoms with van der Waals surface area (Å²) in [6, 6.07) is 10.6. The largest absolute Gasteiger partial charge is 0.493 e. The van der Waals surface area contributed by atoms with Gasteiger partial charge in [0, 0.05) is 12.1 Å². The highest BCUT2D eigenvalue weighted by Gasteiger charge is 2.36. The predicted molar refractivity (Wildman–Crippen MR) is 102 cm³/mol. The van der Waals surface area contributed by atoms with Gasteiger partial charge in [-0.3, -0.25) is 0 Å². The number of hydrogen-bond acceptors (Lipinski definition) is 5. The first-order valence-electron chi connectivity index (χ1n) is 8.66. The van der Waals surface area contributed by atoms with E-state index in [1.807, 2.05) is 24.3 Å². The quantitative estimate of drug-likeness (QED) is 0.725. The fourth-order valence-electron chi connectivity index (χ4n) is 3.41. The summed E-state index contributed by atoms with van der Waals surface area (Å²) in [6.45, 7) is 0.125. The molecule has 27 heavy (non-hydrogen) atoms. The van der Waals surface area contributed by atoms with Crippen LogP contribution in [0.4, 0.5) is 10.5 Å². The minimum atomic E-state index is -1.05. The van der Waals surface area contributed by atoms with E-state index in [0.29, 0.717) is 29.4 Å². The fourth-order valence-corrected chi connectivity index (χ4v) is 3.41. The van der Waals surface area contributed by atoms with E-state index >= 15 is 0 Å². The third kappa shape index (κ3) is 3.78. The molecular weight excluding hydrogens is 348 g/mol. The van der Waals surface area contributed by atoms with Crippen molar-refractivity contribution in [2.75, 3.05) is 33.2 Å². The molecule has 0 heterocycles. The Hall–Kier alpha value is -2.93. The topological polar surface area (TPSA) is 89.1 Å².